The van der Waals surface area contributed by atoms with E-state index in [-0.39, 0.29) is 5.91 Å². The van der Waals surface area contributed by atoms with Crippen molar-refractivity contribution in [1.82, 2.24) is 20.9 Å². The van der Waals surface area contributed by atoms with Gasteiger partial charge in [-0.05, 0) is 39.2 Å². The number of guanidine groups is 1. The molecular formula is C20H33N5O2. The lowest BCUT2D eigenvalue weighted by molar-refractivity contribution is 0.0925. The highest BCUT2D eigenvalue weighted by Gasteiger charge is 2.19. The van der Waals surface area contributed by atoms with E-state index in [0.29, 0.717) is 18.3 Å². The van der Waals surface area contributed by atoms with Gasteiger partial charge in [0.05, 0.1) is 6.26 Å². The Labute approximate surface area is 162 Å². The van der Waals surface area contributed by atoms with Gasteiger partial charge in [0, 0.05) is 51.4 Å². The minimum absolute atomic E-state index is 0.165. The lowest BCUT2D eigenvalue weighted by atomic mass is 10.0. The van der Waals surface area contributed by atoms with Crippen LogP contribution in [0.5, 0.6) is 0 Å². The molecule has 27 heavy (non-hydrogen) atoms. The van der Waals surface area contributed by atoms with Gasteiger partial charge in [0.2, 0.25) is 0 Å². The van der Waals surface area contributed by atoms with Gasteiger partial charge in [-0.3, -0.25) is 14.7 Å². The molecule has 0 atom stereocenters. The summed E-state index contributed by atoms with van der Waals surface area (Å²) >= 11 is 0. The maximum atomic E-state index is 12.0. The van der Waals surface area contributed by atoms with Crippen LogP contribution in [0.3, 0.4) is 0 Å². The summed E-state index contributed by atoms with van der Waals surface area (Å²) in [6.07, 6.45) is 4.55. The summed E-state index contributed by atoms with van der Waals surface area (Å²) in [5, 5.41) is 9.69. The maximum Gasteiger partial charge on any atom is 0.287 e. The molecule has 0 bridgehead atoms. The molecule has 1 fully saturated rings. The molecule has 1 saturated heterocycles. The zero-order chi connectivity index (χ0) is 19.6. The molecule has 0 spiro atoms. The van der Waals surface area contributed by atoms with Crippen molar-refractivity contribution in [3.8, 4) is 0 Å². The number of furan rings is 1. The minimum Gasteiger partial charge on any atom is -0.459 e. The van der Waals surface area contributed by atoms with E-state index in [9.17, 15) is 4.79 Å². The number of nitrogens with one attached hydrogen (secondary N) is 3. The van der Waals surface area contributed by atoms with Crippen molar-refractivity contribution in [1.29, 1.82) is 0 Å². The molecule has 2 heterocycles. The Balaban J connectivity index is 1.60. The number of aryl methyl sites for hydroxylation is 1. The lowest BCUT2D eigenvalue weighted by Gasteiger charge is -2.33. The summed E-state index contributed by atoms with van der Waals surface area (Å²) in [7, 11) is 1.78. The third kappa shape index (κ3) is 7.09. The SMILES string of the molecule is C=C(C)CN1CCC(NC(=NC)NCCCNC(=O)c2occc2C)CC1. The van der Waals surface area contributed by atoms with E-state index in [1.54, 1.807) is 13.1 Å². The van der Waals surface area contributed by atoms with E-state index in [1.165, 1.54) is 11.8 Å². The van der Waals surface area contributed by atoms with Crippen molar-refractivity contribution in [3.05, 3.63) is 35.8 Å². The van der Waals surface area contributed by atoms with Gasteiger partial charge in [-0.1, -0.05) is 12.2 Å². The van der Waals surface area contributed by atoms with Gasteiger partial charge >= 0.3 is 0 Å². The van der Waals surface area contributed by atoms with Crippen LogP contribution >= 0.6 is 0 Å². The van der Waals surface area contributed by atoms with Crippen LogP contribution in [0.4, 0.5) is 0 Å². The summed E-state index contributed by atoms with van der Waals surface area (Å²) in [6, 6.07) is 2.23. The first-order chi connectivity index (χ1) is 13.0. The Kier molecular flexibility index (Phi) is 8.39. The summed E-state index contributed by atoms with van der Waals surface area (Å²) in [6.45, 7) is 12.4. The highest BCUT2D eigenvalue weighted by Crippen LogP contribution is 2.11. The quantitative estimate of drug-likeness (QED) is 0.280. The van der Waals surface area contributed by atoms with Crippen molar-refractivity contribution >= 4 is 11.9 Å². The molecule has 1 amide bonds. The molecule has 3 N–H and O–H groups in total. The van der Waals surface area contributed by atoms with Gasteiger partial charge in [-0.25, -0.2) is 0 Å². The van der Waals surface area contributed by atoms with Crippen LogP contribution in [-0.2, 0) is 0 Å². The lowest BCUT2D eigenvalue weighted by Crippen LogP contribution is -2.49. The zero-order valence-corrected chi connectivity index (χ0v) is 16.8. The van der Waals surface area contributed by atoms with Crippen LogP contribution in [0.2, 0.25) is 0 Å². The zero-order valence-electron chi connectivity index (χ0n) is 16.8. The number of carbonyl (C=O) groups excluding carboxylic acids is 1. The molecule has 1 aliphatic rings. The van der Waals surface area contributed by atoms with Gasteiger partial charge < -0.3 is 20.4 Å². The van der Waals surface area contributed by atoms with Crippen LogP contribution in [0.25, 0.3) is 0 Å². The number of carbonyl (C=O) groups is 1. The van der Waals surface area contributed by atoms with Crippen molar-refractivity contribution in [3.63, 3.8) is 0 Å². The first-order valence-corrected chi connectivity index (χ1v) is 9.65. The number of amides is 1. The summed E-state index contributed by atoms with van der Waals surface area (Å²) in [5.41, 5.74) is 2.07. The topological polar surface area (TPSA) is 81.9 Å². The van der Waals surface area contributed by atoms with Gasteiger partial charge in [-0.15, -0.1) is 0 Å². The van der Waals surface area contributed by atoms with Gasteiger partial charge in [0.1, 0.15) is 0 Å². The summed E-state index contributed by atoms with van der Waals surface area (Å²) < 4.78 is 5.19. The van der Waals surface area contributed by atoms with E-state index in [4.69, 9.17) is 4.42 Å². The largest absolute Gasteiger partial charge is 0.459 e. The molecule has 2 rings (SSSR count). The summed E-state index contributed by atoms with van der Waals surface area (Å²) in [4.78, 5) is 18.7. The number of nitrogens with zero attached hydrogens (tertiary/aromatic N) is 2. The average Bonchev–Trinajstić information content (AvgIpc) is 3.07. The second-order valence-electron chi connectivity index (χ2n) is 7.19. The van der Waals surface area contributed by atoms with E-state index >= 15 is 0 Å². The molecule has 7 nitrogen and oxygen atoms in total. The molecule has 1 aliphatic heterocycles. The van der Waals surface area contributed by atoms with Crippen LogP contribution in [0.1, 0.15) is 42.3 Å². The second-order valence-corrected chi connectivity index (χ2v) is 7.19. The molecule has 0 aromatic carbocycles. The predicted molar refractivity (Wildman–Crippen MR) is 109 cm³/mol. The van der Waals surface area contributed by atoms with Crippen LogP contribution in [-0.4, -0.2) is 62.6 Å². The molecule has 1 aromatic heterocycles. The first-order valence-electron chi connectivity index (χ1n) is 9.65. The highest BCUT2D eigenvalue weighted by atomic mass is 16.3. The van der Waals surface area contributed by atoms with Crippen LogP contribution < -0.4 is 16.0 Å². The Hall–Kier alpha value is -2.28. The number of hydrogen-bond acceptors (Lipinski definition) is 4. The van der Waals surface area contributed by atoms with Gasteiger partial charge in [0.25, 0.3) is 5.91 Å². The van der Waals surface area contributed by atoms with Crippen LogP contribution in [0.15, 0.2) is 33.9 Å². The minimum atomic E-state index is -0.165. The monoisotopic (exact) mass is 375 g/mol. The molecule has 0 radical (unpaired) electrons. The average molecular weight is 376 g/mol. The second kappa shape index (κ2) is 10.8. The normalized spacial score (nSPS) is 16.2. The molecule has 0 aliphatic carbocycles. The Bertz CT molecular complexity index is 645. The first kappa shape index (κ1) is 21.0. The Morgan fingerprint density at radius 2 is 2.04 bits per heavy atom. The number of aliphatic imine (C=N–C) groups is 1. The van der Waals surface area contributed by atoms with E-state index in [0.717, 1.165) is 57.0 Å². The Morgan fingerprint density at radius 3 is 2.63 bits per heavy atom. The van der Waals surface area contributed by atoms with E-state index in [1.807, 2.05) is 6.92 Å². The van der Waals surface area contributed by atoms with E-state index in [2.05, 4.69) is 39.3 Å². The van der Waals surface area contributed by atoms with Crippen molar-refractivity contribution in [2.45, 2.75) is 39.2 Å². The van der Waals surface area contributed by atoms with Crippen molar-refractivity contribution in [2.75, 3.05) is 39.8 Å². The molecule has 0 saturated carbocycles. The fourth-order valence-corrected chi connectivity index (χ4v) is 3.19. The smallest absolute Gasteiger partial charge is 0.287 e. The molecular weight excluding hydrogens is 342 g/mol. The van der Waals surface area contributed by atoms with Crippen molar-refractivity contribution < 1.29 is 9.21 Å². The third-order valence-corrected chi connectivity index (χ3v) is 4.65. The standard InChI is InChI=1S/C20H33N5O2/c1-15(2)14-25-11-6-17(7-12-25)24-20(21-4)23-10-5-9-22-19(26)18-16(3)8-13-27-18/h8,13,17H,1,5-7,9-12,14H2,2-4H3,(H,22,26)(H2,21,23,24). The third-order valence-electron chi connectivity index (χ3n) is 4.65. The fraction of sp³-hybridized carbons (Fsp3) is 0.600. The van der Waals surface area contributed by atoms with Crippen LogP contribution in [0, 0.1) is 6.92 Å². The molecule has 0 unspecified atom stereocenters. The number of hydrogen-bond donors (Lipinski definition) is 3. The fourth-order valence-electron chi connectivity index (χ4n) is 3.19. The Morgan fingerprint density at radius 1 is 1.33 bits per heavy atom. The van der Waals surface area contributed by atoms with Gasteiger partial charge in [0.15, 0.2) is 11.7 Å². The number of rotatable bonds is 8. The molecule has 150 valence electrons. The van der Waals surface area contributed by atoms with E-state index < -0.39 is 0 Å². The predicted octanol–water partition coefficient (Wildman–Crippen LogP) is 1.91. The number of piperidine rings is 1. The maximum absolute atomic E-state index is 12.0. The van der Waals surface area contributed by atoms with Crippen molar-refractivity contribution in [2.24, 2.45) is 4.99 Å². The highest BCUT2D eigenvalue weighted by molar-refractivity contribution is 5.92. The molecule has 1 aromatic rings. The van der Waals surface area contributed by atoms with Gasteiger partial charge in [-0.2, -0.15) is 0 Å². The summed E-state index contributed by atoms with van der Waals surface area (Å²) in [5.74, 6) is 1.04. The molecule has 7 heteroatoms. The number of likely N-dealkylation sites (tertiary alicyclic amines) is 1.